The molecule has 1 heterocycles. The average Bonchev–Trinajstić information content (AvgIpc) is 2.32. The van der Waals surface area contributed by atoms with Crippen LogP contribution >= 0.6 is 0 Å². The molecule has 0 aliphatic rings. The van der Waals surface area contributed by atoms with Crippen molar-refractivity contribution >= 4 is 12.2 Å². The summed E-state index contributed by atoms with van der Waals surface area (Å²) >= 11 is 0. The lowest BCUT2D eigenvalue weighted by Crippen LogP contribution is -2.10. The molecule has 0 aliphatic heterocycles. The van der Waals surface area contributed by atoms with Crippen molar-refractivity contribution in [3.8, 4) is 0 Å². The van der Waals surface area contributed by atoms with Gasteiger partial charge in [-0.05, 0) is 6.07 Å². The van der Waals surface area contributed by atoms with Crippen LogP contribution < -0.4 is 11.0 Å². The van der Waals surface area contributed by atoms with Crippen molar-refractivity contribution in [2.24, 2.45) is 5.10 Å². The zero-order valence-electron chi connectivity index (χ0n) is 8.59. The Bertz CT molecular complexity index is 595. The number of hydrogen-bond donors (Lipinski definition) is 2. The summed E-state index contributed by atoms with van der Waals surface area (Å²) < 4.78 is 13.2. The highest BCUT2D eigenvalue weighted by molar-refractivity contribution is 5.80. The van der Waals surface area contributed by atoms with Crippen molar-refractivity contribution < 1.29 is 4.39 Å². The number of aromatic nitrogens is 3. The molecule has 2 rings (SSSR count). The number of rotatable bonds is 3. The Kier molecular flexibility index (Phi) is 3.20. The van der Waals surface area contributed by atoms with E-state index in [1.54, 1.807) is 18.2 Å². The van der Waals surface area contributed by atoms with Crippen molar-refractivity contribution in [2.75, 3.05) is 5.43 Å². The zero-order valence-corrected chi connectivity index (χ0v) is 8.59. The van der Waals surface area contributed by atoms with E-state index in [4.69, 9.17) is 0 Å². The van der Waals surface area contributed by atoms with E-state index in [0.717, 1.165) is 6.20 Å². The molecule has 0 saturated carbocycles. The van der Waals surface area contributed by atoms with Crippen LogP contribution in [-0.2, 0) is 0 Å². The van der Waals surface area contributed by atoms with E-state index >= 15 is 0 Å². The van der Waals surface area contributed by atoms with Crippen molar-refractivity contribution in [3.05, 3.63) is 52.2 Å². The molecular weight excluding hydrogens is 225 g/mol. The van der Waals surface area contributed by atoms with Crippen LogP contribution in [0.25, 0.3) is 0 Å². The van der Waals surface area contributed by atoms with Gasteiger partial charge in [0.25, 0.3) is 5.56 Å². The van der Waals surface area contributed by atoms with Gasteiger partial charge >= 0.3 is 0 Å². The standard InChI is InChI=1S/C10H8FN5O/c11-8-4-2-1-3-7(8)5-12-15-10-14-9(17)6-13-16-10/h1-6H,(H2,14,15,16,17). The highest BCUT2D eigenvalue weighted by atomic mass is 19.1. The topological polar surface area (TPSA) is 83.0 Å². The van der Waals surface area contributed by atoms with E-state index in [9.17, 15) is 9.18 Å². The van der Waals surface area contributed by atoms with Crippen molar-refractivity contribution in [3.63, 3.8) is 0 Å². The van der Waals surface area contributed by atoms with Crippen LogP contribution in [0, 0.1) is 5.82 Å². The third-order valence-electron chi connectivity index (χ3n) is 1.85. The smallest absolute Gasteiger partial charge is 0.271 e. The molecule has 0 saturated heterocycles. The molecule has 17 heavy (non-hydrogen) atoms. The molecule has 0 aliphatic carbocycles. The highest BCUT2D eigenvalue weighted by Crippen LogP contribution is 2.02. The number of hydrazone groups is 1. The van der Waals surface area contributed by atoms with Gasteiger partial charge < -0.3 is 0 Å². The third kappa shape index (κ3) is 2.94. The summed E-state index contributed by atoms with van der Waals surface area (Å²) in [5, 5.41) is 10.7. The zero-order chi connectivity index (χ0) is 12.1. The number of aromatic amines is 1. The molecular formula is C10H8FN5O. The number of nitrogens with one attached hydrogen (secondary N) is 2. The van der Waals surface area contributed by atoms with Crippen LogP contribution in [0.1, 0.15) is 5.56 Å². The first kappa shape index (κ1) is 10.9. The maximum atomic E-state index is 13.2. The van der Waals surface area contributed by atoms with Gasteiger partial charge in [-0.25, -0.2) is 9.82 Å². The largest absolute Gasteiger partial charge is 0.289 e. The van der Waals surface area contributed by atoms with Gasteiger partial charge in [-0.2, -0.15) is 5.10 Å². The molecule has 0 fully saturated rings. The first-order valence-electron chi connectivity index (χ1n) is 4.71. The van der Waals surface area contributed by atoms with Crippen molar-refractivity contribution in [1.82, 2.24) is 15.2 Å². The highest BCUT2D eigenvalue weighted by Gasteiger charge is 1.96. The molecule has 0 spiro atoms. The first-order valence-corrected chi connectivity index (χ1v) is 4.71. The van der Waals surface area contributed by atoms with Gasteiger partial charge in [-0.15, -0.1) is 10.2 Å². The Hall–Kier alpha value is -2.57. The predicted octanol–water partition coefficient (Wildman–Crippen LogP) is 0.750. The predicted molar refractivity (Wildman–Crippen MR) is 60.3 cm³/mol. The van der Waals surface area contributed by atoms with Gasteiger partial charge in [0, 0.05) is 5.56 Å². The van der Waals surface area contributed by atoms with Crippen molar-refractivity contribution in [1.29, 1.82) is 0 Å². The number of hydrogen-bond acceptors (Lipinski definition) is 5. The molecule has 2 N–H and O–H groups in total. The second-order valence-electron chi connectivity index (χ2n) is 3.07. The fourth-order valence-corrected chi connectivity index (χ4v) is 1.11. The van der Waals surface area contributed by atoms with E-state index in [1.807, 2.05) is 0 Å². The van der Waals surface area contributed by atoms with E-state index in [-0.39, 0.29) is 11.8 Å². The molecule has 0 unspecified atom stereocenters. The van der Waals surface area contributed by atoms with Gasteiger partial charge in [-0.3, -0.25) is 9.78 Å². The monoisotopic (exact) mass is 233 g/mol. The Labute approximate surface area is 95.2 Å². The normalized spacial score (nSPS) is 10.6. The SMILES string of the molecule is O=c1cnnc(NN=Cc2ccccc2F)[nH]1. The molecule has 0 atom stereocenters. The first-order chi connectivity index (χ1) is 8.25. The molecule has 2 aromatic rings. The Balaban J connectivity index is 2.08. The van der Waals surface area contributed by atoms with Gasteiger partial charge in [0.1, 0.15) is 12.0 Å². The third-order valence-corrected chi connectivity index (χ3v) is 1.85. The lowest BCUT2D eigenvalue weighted by molar-refractivity contribution is 0.626. The Morgan fingerprint density at radius 3 is 3.00 bits per heavy atom. The molecule has 1 aromatic heterocycles. The van der Waals surface area contributed by atoms with Gasteiger partial charge in [-0.1, -0.05) is 18.2 Å². The minimum absolute atomic E-state index is 0.0880. The molecule has 1 aromatic carbocycles. The lowest BCUT2D eigenvalue weighted by atomic mass is 10.2. The van der Waals surface area contributed by atoms with Crippen LogP contribution in [0.5, 0.6) is 0 Å². The fraction of sp³-hybridized carbons (Fsp3) is 0. The van der Waals surface area contributed by atoms with Crippen LogP contribution in [-0.4, -0.2) is 21.4 Å². The summed E-state index contributed by atoms with van der Waals surface area (Å²) in [6, 6.07) is 6.17. The minimum atomic E-state index is -0.399. The van der Waals surface area contributed by atoms with Gasteiger partial charge in [0.2, 0.25) is 5.95 Å². The quantitative estimate of drug-likeness (QED) is 0.605. The Morgan fingerprint density at radius 1 is 1.41 bits per heavy atom. The second kappa shape index (κ2) is 4.97. The van der Waals surface area contributed by atoms with E-state index < -0.39 is 5.56 Å². The van der Waals surface area contributed by atoms with E-state index in [2.05, 4.69) is 25.7 Å². The number of benzene rings is 1. The lowest BCUT2D eigenvalue weighted by Gasteiger charge is -1.97. The number of anilines is 1. The number of H-pyrrole nitrogens is 1. The van der Waals surface area contributed by atoms with Crippen molar-refractivity contribution in [2.45, 2.75) is 0 Å². The summed E-state index contributed by atoms with van der Waals surface area (Å²) in [5.41, 5.74) is 2.36. The molecule has 0 amide bonds. The fourth-order valence-electron chi connectivity index (χ4n) is 1.11. The molecule has 0 bridgehead atoms. The van der Waals surface area contributed by atoms with E-state index in [1.165, 1.54) is 12.3 Å². The summed E-state index contributed by atoms with van der Waals surface area (Å²) in [4.78, 5) is 13.2. The molecule has 6 nitrogen and oxygen atoms in total. The number of nitrogens with zero attached hydrogens (tertiary/aromatic N) is 3. The van der Waals surface area contributed by atoms with Crippen LogP contribution in [0.4, 0.5) is 10.3 Å². The summed E-state index contributed by atoms with van der Waals surface area (Å²) in [5.74, 6) is -0.296. The molecule has 7 heteroatoms. The Morgan fingerprint density at radius 2 is 2.24 bits per heavy atom. The summed E-state index contributed by atoms with van der Waals surface area (Å²) in [6.45, 7) is 0. The van der Waals surface area contributed by atoms with Crippen LogP contribution in [0.3, 0.4) is 0 Å². The molecule has 86 valence electrons. The summed E-state index contributed by atoms with van der Waals surface area (Å²) in [6.07, 6.45) is 2.31. The second-order valence-corrected chi connectivity index (χ2v) is 3.07. The van der Waals surface area contributed by atoms with E-state index in [0.29, 0.717) is 5.56 Å². The maximum Gasteiger partial charge on any atom is 0.271 e. The summed E-state index contributed by atoms with van der Waals surface area (Å²) in [7, 11) is 0. The van der Waals surface area contributed by atoms with Gasteiger partial charge in [0.15, 0.2) is 0 Å². The maximum absolute atomic E-state index is 13.2. The van der Waals surface area contributed by atoms with Crippen LogP contribution in [0.2, 0.25) is 0 Å². The molecule has 0 radical (unpaired) electrons. The van der Waals surface area contributed by atoms with Crippen LogP contribution in [0.15, 0.2) is 40.4 Å². The minimum Gasteiger partial charge on any atom is -0.289 e. The number of halogens is 1. The van der Waals surface area contributed by atoms with Gasteiger partial charge in [0.05, 0.1) is 6.21 Å². The average molecular weight is 233 g/mol.